The summed E-state index contributed by atoms with van der Waals surface area (Å²) in [4.78, 5) is 12.3. The maximum atomic E-state index is 12.3. The second-order valence-corrected chi connectivity index (χ2v) is 5.41. The van der Waals surface area contributed by atoms with E-state index in [4.69, 9.17) is 11.6 Å². The third-order valence-electron chi connectivity index (χ3n) is 3.80. The second-order valence-electron chi connectivity index (χ2n) is 5.15. The molecule has 0 radical (unpaired) electrons. The Morgan fingerprint density at radius 2 is 2.06 bits per heavy atom. The molecule has 0 saturated carbocycles. The molecule has 0 aromatic carbocycles. The van der Waals surface area contributed by atoms with Crippen molar-refractivity contribution in [1.29, 1.82) is 0 Å². The van der Waals surface area contributed by atoms with Gasteiger partial charge in [0.2, 0.25) is 0 Å². The average Bonchev–Trinajstić information content (AvgIpc) is 2.41. The normalized spacial score (nSPS) is 14.6. The highest BCUT2D eigenvalue weighted by Gasteiger charge is 2.16. The Labute approximate surface area is 114 Å². The lowest BCUT2D eigenvalue weighted by atomic mass is 9.94. The molecule has 1 aliphatic rings. The van der Waals surface area contributed by atoms with E-state index in [-0.39, 0.29) is 5.56 Å². The molecule has 0 amide bonds. The molecule has 1 aromatic rings. The summed E-state index contributed by atoms with van der Waals surface area (Å²) in [7, 11) is 0. The molecule has 0 fully saturated rings. The molecule has 0 aliphatic heterocycles. The fraction of sp³-hybridized carbons (Fsp3) is 0.667. The Bertz CT molecular complexity index is 464. The second kappa shape index (κ2) is 6.42. The summed E-state index contributed by atoms with van der Waals surface area (Å²) in [6.45, 7) is 3.05. The zero-order valence-corrected chi connectivity index (χ0v) is 11.9. The summed E-state index contributed by atoms with van der Waals surface area (Å²) in [5.74, 6) is 0.333. The third kappa shape index (κ3) is 2.80. The van der Waals surface area contributed by atoms with Gasteiger partial charge in [0.25, 0.3) is 5.56 Å². The van der Waals surface area contributed by atoms with Crippen LogP contribution in [0.25, 0.3) is 0 Å². The number of pyridine rings is 1. The van der Waals surface area contributed by atoms with Gasteiger partial charge in [-0.2, -0.15) is 0 Å². The van der Waals surface area contributed by atoms with E-state index in [1.165, 1.54) is 36.9 Å². The van der Waals surface area contributed by atoms with E-state index in [0.717, 1.165) is 31.4 Å². The van der Waals surface area contributed by atoms with E-state index < -0.39 is 0 Å². The molecule has 0 atom stereocenters. The summed E-state index contributed by atoms with van der Waals surface area (Å²) in [5, 5.41) is 0. The van der Waals surface area contributed by atoms with Gasteiger partial charge in [0.05, 0.1) is 5.88 Å². The number of aryl methyl sites for hydroxylation is 1. The van der Waals surface area contributed by atoms with Gasteiger partial charge in [0.1, 0.15) is 0 Å². The zero-order valence-electron chi connectivity index (χ0n) is 11.2. The zero-order chi connectivity index (χ0) is 13.0. The fourth-order valence-electron chi connectivity index (χ4n) is 2.80. The van der Waals surface area contributed by atoms with Crippen LogP contribution in [-0.2, 0) is 25.3 Å². The fourth-order valence-corrected chi connectivity index (χ4v) is 2.99. The molecular formula is C15H22ClNO. The van der Waals surface area contributed by atoms with Crippen LogP contribution in [0, 0.1) is 0 Å². The number of alkyl halides is 1. The van der Waals surface area contributed by atoms with Crippen molar-refractivity contribution in [1.82, 2.24) is 4.57 Å². The number of hydrogen-bond donors (Lipinski definition) is 0. The maximum absolute atomic E-state index is 12.3. The van der Waals surface area contributed by atoms with Gasteiger partial charge in [-0.15, -0.1) is 11.6 Å². The van der Waals surface area contributed by atoms with E-state index in [1.54, 1.807) is 0 Å². The van der Waals surface area contributed by atoms with Gasteiger partial charge in [-0.25, -0.2) is 0 Å². The highest BCUT2D eigenvalue weighted by atomic mass is 35.5. The van der Waals surface area contributed by atoms with Crippen molar-refractivity contribution in [2.45, 2.75) is 64.3 Å². The van der Waals surface area contributed by atoms with Crippen LogP contribution in [-0.4, -0.2) is 4.57 Å². The van der Waals surface area contributed by atoms with Crippen molar-refractivity contribution < 1.29 is 0 Å². The molecule has 2 nitrogen and oxygen atoms in total. The molecule has 1 heterocycles. The lowest BCUT2D eigenvalue weighted by molar-refractivity contribution is 0.534. The summed E-state index contributed by atoms with van der Waals surface area (Å²) in [6, 6.07) is 2.04. The molecule has 3 heteroatoms. The first kappa shape index (κ1) is 13.7. The van der Waals surface area contributed by atoms with Gasteiger partial charge in [0.15, 0.2) is 0 Å². The van der Waals surface area contributed by atoms with Crippen LogP contribution < -0.4 is 5.56 Å². The van der Waals surface area contributed by atoms with Gasteiger partial charge in [-0.05, 0) is 43.7 Å². The molecule has 0 spiro atoms. The minimum atomic E-state index is 0.141. The van der Waals surface area contributed by atoms with Crippen molar-refractivity contribution in [3.8, 4) is 0 Å². The van der Waals surface area contributed by atoms with Gasteiger partial charge < -0.3 is 4.57 Å². The van der Waals surface area contributed by atoms with Crippen molar-refractivity contribution in [2.75, 3.05) is 0 Å². The van der Waals surface area contributed by atoms with Crippen LogP contribution in [0.15, 0.2) is 10.9 Å². The van der Waals surface area contributed by atoms with Crippen molar-refractivity contribution in [3.63, 3.8) is 0 Å². The predicted molar refractivity (Wildman–Crippen MR) is 76.4 cm³/mol. The van der Waals surface area contributed by atoms with E-state index >= 15 is 0 Å². The number of nitrogens with zero attached hydrogens (tertiary/aromatic N) is 1. The topological polar surface area (TPSA) is 22.0 Å². The van der Waals surface area contributed by atoms with E-state index in [1.807, 2.05) is 10.6 Å². The minimum Gasteiger partial charge on any atom is -0.312 e. The SMILES string of the molecule is CCCCCn1c2c(cc(CCl)c1=O)CCCC2. The molecule has 0 unspecified atom stereocenters. The third-order valence-corrected chi connectivity index (χ3v) is 4.09. The number of halogens is 1. The smallest absolute Gasteiger partial charge is 0.255 e. The highest BCUT2D eigenvalue weighted by Crippen LogP contribution is 2.21. The molecule has 0 N–H and O–H groups in total. The Hall–Kier alpha value is -0.760. The van der Waals surface area contributed by atoms with Crippen molar-refractivity contribution in [3.05, 3.63) is 33.2 Å². The summed E-state index contributed by atoms with van der Waals surface area (Å²) < 4.78 is 2.00. The largest absolute Gasteiger partial charge is 0.312 e. The number of fused-ring (bicyclic) bond motifs is 1. The molecule has 2 rings (SSSR count). The van der Waals surface area contributed by atoms with E-state index in [9.17, 15) is 4.79 Å². The molecule has 100 valence electrons. The lowest BCUT2D eigenvalue weighted by Crippen LogP contribution is -2.29. The Morgan fingerprint density at radius 1 is 1.28 bits per heavy atom. The van der Waals surface area contributed by atoms with E-state index in [2.05, 4.69) is 6.92 Å². The Kier molecular flexibility index (Phi) is 4.87. The van der Waals surface area contributed by atoms with Gasteiger partial charge in [0, 0.05) is 17.8 Å². The van der Waals surface area contributed by atoms with Crippen molar-refractivity contribution in [2.24, 2.45) is 0 Å². The predicted octanol–water partition coefficient (Wildman–Crippen LogP) is 3.66. The molecule has 0 bridgehead atoms. The molecular weight excluding hydrogens is 246 g/mol. The monoisotopic (exact) mass is 267 g/mol. The standard InChI is InChI=1S/C15H22ClNO/c1-2-3-6-9-17-14-8-5-4-7-12(14)10-13(11-16)15(17)18/h10H,2-9,11H2,1H3. The number of unbranched alkanes of at least 4 members (excludes halogenated alkanes) is 2. The maximum Gasteiger partial charge on any atom is 0.255 e. The summed E-state index contributed by atoms with van der Waals surface area (Å²) in [6.07, 6.45) is 8.07. The molecule has 1 aromatic heterocycles. The van der Waals surface area contributed by atoms with Crippen LogP contribution in [0.2, 0.25) is 0 Å². The first-order valence-electron chi connectivity index (χ1n) is 7.08. The molecule has 18 heavy (non-hydrogen) atoms. The quantitative estimate of drug-likeness (QED) is 0.590. The first-order chi connectivity index (χ1) is 8.77. The molecule has 1 aliphatic carbocycles. The van der Waals surface area contributed by atoms with Gasteiger partial charge in [-0.3, -0.25) is 4.79 Å². The van der Waals surface area contributed by atoms with Crippen LogP contribution >= 0.6 is 11.6 Å². The lowest BCUT2D eigenvalue weighted by Gasteiger charge is -2.22. The Morgan fingerprint density at radius 3 is 2.78 bits per heavy atom. The first-order valence-corrected chi connectivity index (χ1v) is 7.61. The van der Waals surface area contributed by atoms with Crippen molar-refractivity contribution >= 4 is 11.6 Å². The van der Waals surface area contributed by atoms with Gasteiger partial charge in [-0.1, -0.05) is 19.8 Å². The van der Waals surface area contributed by atoms with Gasteiger partial charge >= 0.3 is 0 Å². The Balaban J connectivity index is 2.37. The summed E-state index contributed by atoms with van der Waals surface area (Å²) in [5.41, 5.74) is 3.54. The van der Waals surface area contributed by atoms with Crippen LogP contribution in [0.5, 0.6) is 0 Å². The number of rotatable bonds is 5. The molecule has 0 saturated heterocycles. The number of hydrogen-bond acceptors (Lipinski definition) is 1. The average molecular weight is 268 g/mol. The van der Waals surface area contributed by atoms with Crippen LogP contribution in [0.4, 0.5) is 0 Å². The van der Waals surface area contributed by atoms with Crippen LogP contribution in [0.1, 0.15) is 55.8 Å². The summed E-state index contributed by atoms with van der Waals surface area (Å²) >= 11 is 5.89. The van der Waals surface area contributed by atoms with Crippen LogP contribution in [0.3, 0.4) is 0 Å². The highest BCUT2D eigenvalue weighted by molar-refractivity contribution is 6.17. The minimum absolute atomic E-state index is 0.141. The van der Waals surface area contributed by atoms with E-state index in [0.29, 0.717) is 5.88 Å². The number of aromatic nitrogens is 1.